The van der Waals surface area contributed by atoms with E-state index >= 15 is 0 Å². The van der Waals surface area contributed by atoms with Gasteiger partial charge in [-0.2, -0.15) is 13.2 Å². The third kappa shape index (κ3) is 6.82. The van der Waals surface area contributed by atoms with Crippen LogP contribution in [0.25, 0.3) is 0 Å². The number of halogens is 3. The van der Waals surface area contributed by atoms with E-state index in [9.17, 15) is 22.8 Å². The van der Waals surface area contributed by atoms with Gasteiger partial charge in [-0.25, -0.2) is 0 Å². The molecule has 7 heteroatoms. The van der Waals surface area contributed by atoms with Gasteiger partial charge in [0.2, 0.25) is 11.8 Å². The van der Waals surface area contributed by atoms with E-state index in [0.717, 1.165) is 25.7 Å². The quantitative estimate of drug-likeness (QED) is 0.820. The Bertz CT molecular complexity index is 375. The minimum absolute atomic E-state index is 0.421. The van der Waals surface area contributed by atoms with E-state index < -0.39 is 30.0 Å². The van der Waals surface area contributed by atoms with Crippen LogP contribution in [0.5, 0.6) is 0 Å². The fourth-order valence-corrected chi connectivity index (χ4v) is 2.48. The molecule has 21 heavy (non-hydrogen) atoms. The molecule has 0 radical (unpaired) electrons. The number of rotatable bonds is 5. The number of hydrogen-bond donors (Lipinski definition) is 2. The monoisotopic (exact) mass is 308 g/mol. The third-order valence-corrected chi connectivity index (χ3v) is 3.66. The first kappa shape index (κ1) is 17.8. The van der Waals surface area contributed by atoms with Gasteiger partial charge in [0.1, 0.15) is 12.0 Å². The van der Waals surface area contributed by atoms with Crippen molar-refractivity contribution in [3.8, 4) is 0 Å². The molecule has 0 unspecified atom stereocenters. The number of hydrogen-bond acceptors (Lipinski definition) is 2. The van der Waals surface area contributed by atoms with Crippen LogP contribution in [0.4, 0.5) is 13.2 Å². The van der Waals surface area contributed by atoms with Crippen molar-refractivity contribution in [1.82, 2.24) is 10.6 Å². The lowest BCUT2D eigenvalue weighted by atomic mass is 9.89. The van der Waals surface area contributed by atoms with Crippen LogP contribution in [-0.4, -0.2) is 30.1 Å². The molecule has 2 N–H and O–H groups in total. The second kappa shape index (κ2) is 7.13. The molecule has 1 aliphatic rings. The van der Waals surface area contributed by atoms with Crippen LogP contribution in [0.3, 0.4) is 0 Å². The molecule has 0 aromatic carbocycles. The van der Waals surface area contributed by atoms with Crippen molar-refractivity contribution < 1.29 is 22.8 Å². The normalized spacial score (nSPS) is 17.4. The Morgan fingerprint density at radius 2 is 1.67 bits per heavy atom. The zero-order valence-electron chi connectivity index (χ0n) is 12.5. The highest BCUT2D eigenvalue weighted by Gasteiger charge is 2.36. The molecule has 0 heterocycles. The molecule has 0 bridgehead atoms. The van der Waals surface area contributed by atoms with Gasteiger partial charge < -0.3 is 10.6 Å². The zero-order chi connectivity index (χ0) is 16.1. The number of nitrogens with one attached hydrogen (secondary N) is 2. The molecular weight excluding hydrogens is 285 g/mol. The number of carbonyl (C=O) groups is 2. The molecule has 0 atom stereocenters. The lowest BCUT2D eigenvalue weighted by Crippen LogP contribution is -2.55. The Balaban J connectivity index is 2.41. The van der Waals surface area contributed by atoms with E-state index in [2.05, 4.69) is 10.6 Å². The number of carbonyl (C=O) groups excluding carboxylic acids is 2. The van der Waals surface area contributed by atoms with Gasteiger partial charge in [0.25, 0.3) is 0 Å². The van der Waals surface area contributed by atoms with E-state index in [0.29, 0.717) is 12.5 Å². The average molecular weight is 308 g/mol. The van der Waals surface area contributed by atoms with Crippen LogP contribution in [0.2, 0.25) is 0 Å². The molecule has 1 aliphatic carbocycles. The summed E-state index contributed by atoms with van der Waals surface area (Å²) in [6, 6.07) is 0. The molecule has 2 amide bonds. The molecule has 0 aromatic rings. The SMILES string of the molecule is CC(C)(NC(=O)CC(F)(F)F)C(=O)NCC1CCCCC1. The fourth-order valence-electron chi connectivity index (χ4n) is 2.48. The number of amides is 2. The molecule has 0 saturated heterocycles. The summed E-state index contributed by atoms with van der Waals surface area (Å²) < 4.78 is 36.3. The van der Waals surface area contributed by atoms with Crippen LogP contribution >= 0.6 is 0 Å². The fraction of sp³-hybridized carbons (Fsp3) is 0.857. The zero-order valence-corrected chi connectivity index (χ0v) is 12.5. The Kier molecular flexibility index (Phi) is 6.04. The smallest absolute Gasteiger partial charge is 0.354 e. The first-order valence-corrected chi connectivity index (χ1v) is 7.26. The van der Waals surface area contributed by atoms with E-state index in [1.54, 1.807) is 0 Å². The maximum absolute atomic E-state index is 12.1. The summed E-state index contributed by atoms with van der Waals surface area (Å²) in [6.45, 7) is 3.31. The molecule has 1 rings (SSSR count). The highest BCUT2D eigenvalue weighted by Crippen LogP contribution is 2.23. The predicted octanol–water partition coefficient (Wildman–Crippen LogP) is 2.53. The minimum atomic E-state index is -4.57. The molecule has 4 nitrogen and oxygen atoms in total. The Hall–Kier alpha value is -1.27. The summed E-state index contributed by atoms with van der Waals surface area (Å²) in [5.41, 5.74) is -1.35. The molecule has 1 fully saturated rings. The van der Waals surface area contributed by atoms with Gasteiger partial charge in [-0.3, -0.25) is 9.59 Å². The lowest BCUT2D eigenvalue weighted by Gasteiger charge is -2.28. The van der Waals surface area contributed by atoms with Crippen LogP contribution in [-0.2, 0) is 9.59 Å². The molecule has 0 aromatic heterocycles. The summed E-state index contributed by atoms with van der Waals surface area (Å²) in [6.07, 6.45) is -0.532. The van der Waals surface area contributed by atoms with E-state index in [-0.39, 0.29) is 0 Å². The van der Waals surface area contributed by atoms with Gasteiger partial charge in [0.05, 0.1) is 0 Å². The molecular formula is C14H23F3N2O2. The Morgan fingerprint density at radius 1 is 1.10 bits per heavy atom. The second-order valence-electron chi connectivity index (χ2n) is 6.18. The first-order valence-electron chi connectivity index (χ1n) is 7.26. The largest absolute Gasteiger partial charge is 0.397 e. The summed E-state index contributed by atoms with van der Waals surface area (Å²) in [7, 11) is 0. The standard InChI is InChI=1S/C14H23F3N2O2/c1-13(2,19-11(20)8-14(15,16)17)12(21)18-9-10-6-4-3-5-7-10/h10H,3-9H2,1-2H3,(H,18,21)(H,19,20). The van der Waals surface area contributed by atoms with Gasteiger partial charge in [-0.15, -0.1) is 0 Å². The molecule has 1 saturated carbocycles. The summed E-state index contributed by atoms with van der Waals surface area (Å²) >= 11 is 0. The van der Waals surface area contributed by atoms with Crippen LogP contribution in [0.1, 0.15) is 52.4 Å². The van der Waals surface area contributed by atoms with Crippen LogP contribution < -0.4 is 10.6 Å². The lowest BCUT2D eigenvalue weighted by molar-refractivity contribution is -0.156. The van der Waals surface area contributed by atoms with E-state index in [1.165, 1.54) is 20.3 Å². The Morgan fingerprint density at radius 3 is 2.19 bits per heavy atom. The van der Waals surface area contributed by atoms with Crippen molar-refractivity contribution in [3.05, 3.63) is 0 Å². The third-order valence-electron chi connectivity index (χ3n) is 3.66. The maximum Gasteiger partial charge on any atom is 0.397 e. The van der Waals surface area contributed by atoms with Crippen LogP contribution in [0.15, 0.2) is 0 Å². The van der Waals surface area contributed by atoms with Crippen molar-refractivity contribution in [2.45, 2.75) is 64.1 Å². The summed E-state index contributed by atoms with van der Waals surface area (Å²) in [4.78, 5) is 23.3. The predicted molar refractivity (Wildman–Crippen MR) is 72.5 cm³/mol. The van der Waals surface area contributed by atoms with Gasteiger partial charge in [-0.1, -0.05) is 19.3 Å². The van der Waals surface area contributed by atoms with Gasteiger partial charge in [0, 0.05) is 6.54 Å². The molecule has 0 aliphatic heterocycles. The average Bonchev–Trinajstić information content (AvgIpc) is 2.34. The highest BCUT2D eigenvalue weighted by atomic mass is 19.4. The highest BCUT2D eigenvalue weighted by molar-refractivity contribution is 5.90. The Labute approximate surface area is 122 Å². The van der Waals surface area contributed by atoms with E-state index in [1.807, 2.05) is 0 Å². The van der Waals surface area contributed by atoms with Crippen LogP contribution in [0, 0.1) is 5.92 Å². The maximum atomic E-state index is 12.1. The van der Waals surface area contributed by atoms with Gasteiger partial charge in [0.15, 0.2) is 0 Å². The first-order chi connectivity index (χ1) is 9.60. The second-order valence-corrected chi connectivity index (χ2v) is 6.18. The number of alkyl halides is 3. The van der Waals surface area contributed by atoms with Crippen molar-refractivity contribution in [3.63, 3.8) is 0 Å². The molecule has 122 valence electrons. The summed E-state index contributed by atoms with van der Waals surface area (Å²) in [5, 5.41) is 4.86. The molecule has 0 spiro atoms. The van der Waals surface area contributed by atoms with Crippen molar-refractivity contribution in [1.29, 1.82) is 0 Å². The minimum Gasteiger partial charge on any atom is -0.354 e. The van der Waals surface area contributed by atoms with Gasteiger partial charge >= 0.3 is 6.18 Å². The van der Waals surface area contributed by atoms with Crippen molar-refractivity contribution in [2.75, 3.05) is 6.54 Å². The summed E-state index contributed by atoms with van der Waals surface area (Å²) in [5.74, 6) is -1.23. The van der Waals surface area contributed by atoms with E-state index in [4.69, 9.17) is 0 Å². The van der Waals surface area contributed by atoms with Crippen molar-refractivity contribution >= 4 is 11.8 Å². The van der Waals surface area contributed by atoms with Crippen molar-refractivity contribution in [2.24, 2.45) is 5.92 Å². The topological polar surface area (TPSA) is 58.2 Å². The van der Waals surface area contributed by atoms with Gasteiger partial charge in [-0.05, 0) is 32.6 Å².